The quantitative estimate of drug-likeness (QED) is 0.114. The lowest BCUT2D eigenvalue weighted by molar-refractivity contribution is -0.137. The number of hydrogen-bond acceptors (Lipinski definition) is 12. The van der Waals surface area contributed by atoms with E-state index in [1.807, 2.05) is 49.9 Å². The van der Waals surface area contributed by atoms with Crippen LogP contribution in [0.25, 0.3) is 22.2 Å². The first-order chi connectivity index (χ1) is 28.3. The van der Waals surface area contributed by atoms with E-state index in [9.17, 15) is 24.0 Å². The van der Waals surface area contributed by atoms with E-state index in [-0.39, 0.29) is 48.9 Å². The van der Waals surface area contributed by atoms with Gasteiger partial charge in [-0.1, -0.05) is 49.3 Å². The number of anilines is 4. The molecule has 0 bridgehead atoms. The van der Waals surface area contributed by atoms with Gasteiger partial charge in [0, 0.05) is 71.7 Å². The van der Waals surface area contributed by atoms with Crippen LogP contribution in [0, 0.1) is 0 Å². The summed E-state index contributed by atoms with van der Waals surface area (Å²) in [4.78, 5) is 73.1. The standard InChI is InChI=1S/C40H41N13O6/c1-40(2,3)30-16-31(49-59-30)46-39(58)44-23-11-9-22(10-12-23)26-19-51(36-34(26)35(41)42-21-43-36)17-24-18-52(50-48-24)15-5-8-32(54)45-28-7-4-6-25-27(28)20-53(38(25)57)29-13-14-33(55)47-37(29)56/h4,6-7,9-12,16,18-19,21,29H,5,8,13-15,17,20H2,1-3H3,(H,45,54)(H2,41,42,43)(H,47,55,56)(H2,44,46,49,58). The molecule has 2 aliphatic rings. The number of amides is 6. The molecule has 19 heteroatoms. The van der Waals surface area contributed by atoms with Gasteiger partial charge >= 0.3 is 6.03 Å². The molecule has 0 spiro atoms. The number of benzene rings is 2. The monoisotopic (exact) mass is 799 g/mol. The van der Waals surface area contributed by atoms with Gasteiger partial charge in [-0.25, -0.2) is 14.8 Å². The van der Waals surface area contributed by atoms with E-state index in [2.05, 4.69) is 46.7 Å². The number of nitrogens with two attached hydrogens (primary N) is 1. The second-order valence-electron chi connectivity index (χ2n) is 15.5. The van der Waals surface area contributed by atoms with Crippen LogP contribution in [0.3, 0.4) is 0 Å². The molecule has 19 nitrogen and oxygen atoms in total. The molecule has 59 heavy (non-hydrogen) atoms. The number of hydrogen-bond donors (Lipinski definition) is 5. The summed E-state index contributed by atoms with van der Waals surface area (Å²) in [5, 5.41) is 23.9. The lowest BCUT2D eigenvalue weighted by Gasteiger charge is -2.29. The van der Waals surface area contributed by atoms with Gasteiger partial charge in [0.05, 0.1) is 18.1 Å². The average molecular weight is 800 g/mol. The van der Waals surface area contributed by atoms with Gasteiger partial charge in [0.1, 0.15) is 35.3 Å². The van der Waals surface area contributed by atoms with Crippen molar-refractivity contribution >= 4 is 63.7 Å². The Hall–Kier alpha value is -7.44. The summed E-state index contributed by atoms with van der Waals surface area (Å²) in [5.41, 5.74) is 11.1. The Kier molecular flexibility index (Phi) is 10.1. The summed E-state index contributed by atoms with van der Waals surface area (Å²) >= 11 is 0. The number of imide groups is 1. The topological polar surface area (TPSA) is 250 Å². The van der Waals surface area contributed by atoms with Crippen LogP contribution in [-0.4, -0.2) is 75.3 Å². The highest BCUT2D eigenvalue weighted by atomic mass is 16.5. The van der Waals surface area contributed by atoms with E-state index < -0.39 is 18.0 Å². The molecule has 302 valence electrons. The van der Waals surface area contributed by atoms with Crippen molar-refractivity contribution in [2.75, 3.05) is 21.7 Å². The highest BCUT2D eigenvalue weighted by molar-refractivity contribution is 6.07. The zero-order valence-corrected chi connectivity index (χ0v) is 32.5. The van der Waals surface area contributed by atoms with Crippen molar-refractivity contribution in [2.45, 2.75) is 77.5 Å². The molecule has 6 amide bonds. The maximum absolute atomic E-state index is 13.2. The Balaban J connectivity index is 0.872. The Morgan fingerprint density at radius 3 is 2.58 bits per heavy atom. The van der Waals surface area contributed by atoms with Crippen LogP contribution in [0.5, 0.6) is 0 Å². The van der Waals surface area contributed by atoms with E-state index in [1.54, 1.807) is 41.1 Å². The van der Waals surface area contributed by atoms with Crippen LogP contribution in [0.2, 0.25) is 0 Å². The number of aromatic nitrogens is 7. The highest BCUT2D eigenvalue weighted by Crippen LogP contribution is 2.35. The number of aryl methyl sites for hydroxylation is 1. The fourth-order valence-electron chi connectivity index (χ4n) is 7.20. The molecule has 6 N–H and O–H groups in total. The van der Waals surface area contributed by atoms with E-state index in [1.165, 1.54) is 11.2 Å². The van der Waals surface area contributed by atoms with Gasteiger partial charge in [-0.15, -0.1) is 5.10 Å². The van der Waals surface area contributed by atoms with Crippen LogP contribution in [0.4, 0.5) is 27.8 Å². The van der Waals surface area contributed by atoms with Crippen molar-refractivity contribution in [1.29, 1.82) is 0 Å². The lowest BCUT2D eigenvalue weighted by Crippen LogP contribution is -2.52. The first kappa shape index (κ1) is 38.4. The van der Waals surface area contributed by atoms with Gasteiger partial charge in [0.2, 0.25) is 17.7 Å². The fourth-order valence-corrected chi connectivity index (χ4v) is 7.20. The molecule has 1 fully saturated rings. The number of piperidine rings is 1. The predicted octanol–water partition coefficient (Wildman–Crippen LogP) is 4.43. The van der Waals surface area contributed by atoms with Crippen molar-refractivity contribution in [2.24, 2.45) is 0 Å². The average Bonchev–Trinajstić information content (AvgIpc) is 4.00. The Morgan fingerprint density at radius 1 is 1.00 bits per heavy atom. The number of nitrogens with one attached hydrogen (secondary N) is 4. The first-order valence-electron chi connectivity index (χ1n) is 19.0. The van der Waals surface area contributed by atoms with E-state index in [4.69, 9.17) is 10.3 Å². The smallest absolute Gasteiger partial charge is 0.324 e. The van der Waals surface area contributed by atoms with E-state index in [0.717, 1.165) is 11.1 Å². The highest BCUT2D eigenvalue weighted by Gasteiger charge is 2.40. The Bertz CT molecular complexity index is 2620. The Morgan fingerprint density at radius 2 is 1.81 bits per heavy atom. The van der Waals surface area contributed by atoms with Crippen LogP contribution < -0.4 is 27.0 Å². The van der Waals surface area contributed by atoms with Crippen LogP contribution in [-0.2, 0) is 39.4 Å². The predicted molar refractivity (Wildman–Crippen MR) is 215 cm³/mol. The van der Waals surface area contributed by atoms with Crippen molar-refractivity contribution in [3.63, 3.8) is 0 Å². The molecule has 1 unspecified atom stereocenters. The number of nitrogens with zero attached hydrogens (tertiary/aromatic N) is 8. The van der Waals surface area contributed by atoms with Gasteiger partial charge in [-0.2, -0.15) is 0 Å². The molecular formula is C40H41N13O6. The molecule has 0 saturated carbocycles. The number of urea groups is 1. The summed E-state index contributed by atoms with van der Waals surface area (Å²) in [7, 11) is 0. The molecule has 2 aliphatic heterocycles. The van der Waals surface area contributed by atoms with Crippen LogP contribution in [0.15, 0.2) is 71.8 Å². The van der Waals surface area contributed by atoms with E-state index >= 15 is 0 Å². The summed E-state index contributed by atoms with van der Waals surface area (Å²) in [6.45, 7) is 6.89. The minimum Gasteiger partial charge on any atom is -0.383 e. The molecular weight excluding hydrogens is 759 g/mol. The van der Waals surface area contributed by atoms with Gasteiger partial charge < -0.3 is 30.4 Å². The number of carbonyl (C=O) groups excluding carboxylic acids is 5. The summed E-state index contributed by atoms with van der Waals surface area (Å²) < 4.78 is 8.93. The van der Waals surface area contributed by atoms with Crippen LogP contribution in [0.1, 0.15) is 73.8 Å². The van der Waals surface area contributed by atoms with Crippen molar-refractivity contribution < 1.29 is 28.5 Å². The van der Waals surface area contributed by atoms with Gasteiger partial charge in [0.25, 0.3) is 5.91 Å². The Labute approximate surface area is 336 Å². The molecule has 1 saturated heterocycles. The summed E-state index contributed by atoms with van der Waals surface area (Å²) in [6, 6.07) is 12.9. The van der Waals surface area contributed by atoms with E-state index in [0.29, 0.717) is 76.1 Å². The number of rotatable bonds is 11. The third kappa shape index (κ3) is 8.07. The lowest BCUT2D eigenvalue weighted by atomic mass is 9.93. The van der Waals surface area contributed by atoms with Crippen molar-refractivity contribution in [3.05, 3.63) is 89.8 Å². The minimum atomic E-state index is -0.744. The van der Waals surface area contributed by atoms with Crippen LogP contribution >= 0.6 is 0 Å². The fraction of sp³-hybridized carbons (Fsp3) is 0.300. The maximum atomic E-state index is 13.2. The zero-order chi connectivity index (χ0) is 41.4. The minimum absolute atomic E-state index is 0.157. The third-order valence-electron chi connectivity index (χ3n) is 10.2. The zero-order valence-electron chi connectivity index (χ0n) is 32.5. The second-order valence-corrected chi connectivity index (χ2v) is 15.5. The molecule has 2 aromatic carbocycles. The molecule has 8 rings (SSSR count). The molecule has 0 radical (unpaired) electrons. The summed E-state index contributed by atoms with van der Waals surface area (Å²) in [6.07, 6.45) is 6.20. The molecule has 6 aromatic rings. The summed E-state index contributed by atoms with van der Waals surface area (Å²) in [5.74, 6) is -0.110. The third-order valence-corrected chi connectivity index (χ3v) is 10.2. The van der Waals surface area contributed by atoms with Crippen molar-refractivity contribution in [3.8, 4) is 11.1 Å². The normalized spacial score (nSPS) is 15.3. The first-order valence-corrected chi connectivity index (χ1v) is 19.0. The van der Waals surface area contributed by atoms with Gasteiger partial charge in [-0.3, -0.25) is 34.5 Å². The SMILES string of the molecule is CC(C)(C)c1cc(NC(=O)Nc2ccc(-c3cn(Cc4cn(CCCC(=O)Nc5cccc6c5CN(C5CCC(=O)NC5=O)C6=O)nn4)c4ncnc(N)c34)cc2)no1. The molecule has 0 aliphatic carbocycles. The van der Waals surface area contributed by atoms with Crippen molar-refractivity contribution in [1.82, 2.24) is 44.9 Å². The molecule has 6 heterocycles. The molecule has 4 aromatic heterocycles. The van der Waals surface area contributed by atoms with Gasteiger partial charge in [0.15, 0.2) is 5.82 Å². The maximum Gasteiger partial charge on any atom is 0.324 e. The number of fused-ring (bicyclic) bond motifs is 2. The number of nitrogen functional groups attached to an aromatic ring is 1. The largest absolute Gasteiger partial charge is 0.383 e. The van der Waals surface area contributed by atoms with Gasteiger partial charge in [-0.05, 0) is 42.7 Å². The molecule has 1 atom stereocenters. The number of carbonyl (C=O) groups is 5. The second kappa shape index (κ2) is 15.5.